The van der Waals surface area contributed by atoms with Crippen molar-refractivity contribution in [1.29, 1.82) is 0 Å². The minimum absolute atomic E-state index is 0. The zero-order valence-electron chi connectivity index (χ0n) is 16.9. The van der Waals surface area contributed by atoms with Crippen molar-refractivity contribution < 1.29 is 56.6 Å². The van der Waals surface area contributed by atoms with E-state index in [1.807, 2.05) is 36.4 Å². The van der Waals surface area contributed by atoms with E-state index in [-0.39, 0.29) is 41.9 Å². The summed E-state index contributed by atoms with van der Waals surface area (Å²) in [5, 5.41) is 0. The molecule has 0 bridgehead atoms. The third kappa shape index (κ3) is 10.8. The van der Waals surface area contributed by atoms with Crippen molar-refractivity contribution in [2.45, 2.75) is 25.9 Å². The number of rotatable bonds is 2. The Morgan fingerprint density at radius 2 is 1.13 bits per heavy atom. The molecule has 0 radical (unpaired) electrons. The van der Waals surface area contributed by atoms with Crippen molar-refractivity contribution in [2.75, 3.05) is 0 Å². The summed E-state index contributed by atoms with van der Waals surface area (Å²) in [7, 11) is 0. The molecule has 2 aliphatic carbocycles. The maximum Gasteiger partial charge on any atom is 0.111 e. The summed E-state index contributed by atoms with van der Waals surface area (Å²) in [4.78, 5) is 0. The van der Waals surface area contributed by atoms with Crippen molar-refractivity contribution in [2.24, 2.45) is 0 Å². The van der Waals surface area contributed by atoms with E-state index < -0.39 is 0 Å². The molecule has 0 aromatic heterocycles. The Kier molecular flexibility index (Phi) is 15.1. The Bertz CT molecular complexity index is 874. The van der Waals surface area contributed by atoms with E-state index in [4.69, 9.17) is 0 Å². The largest absolute Gasteiger partial charge is 1.00 e. The van der Waals surface area contributed by atoms with Crippen LogP contribution in [-0.4, -0.2) is 5.49 Å². The van der Waals surface area contributed by atoms with Gasteiger partial charge in [-0.05, 0) is 12.1 Å². The van der Waals surface area contributed by atoms with Crippen molar-refractivity contribution >= 4 is 16.6 Å². The average Bonchev–Trinajstić information content (AvgIpc) is 3.36. The van der Waals surface area contributed by atoms with E-state index in [9.17, 15) is 8.78 Å². The number of hydrogen-bond donors (Lipinski definition) is 0. The average molecular weight is 626 g/mol. The fourth-order valence-corrected chi connectivity index (χ4v) is 2.52. The van der Waals surface area contributed by atoms with Gasteiger partial charge in [-0.25, -0.2) is 8.78 Å². The summed E-state index contributed by atoms with van der Waals surface area (Å²) < 4.78 is 25.5. The van der Waals surface area contributed by atoms with E-state index in [0.29, 0.717) is 0 Å². The van der Waals surface area contributed by atoms with Crippen LogP contribution >= 0.6 is 0 Å². The first-order valence-corrected chi connectivity index (χ1v) is 16.9. The van der Waals surface area contributed by atoms with Gasteiger partial charge in [0.05, 0.1) is 0 Å². The molecule has 0 unspecified atom stereocenters. The molecule has 0 nitrogen and oxygen atoms in total. The number of benzene rings is 2. The maximum atomic E-state index is 12.8. The fourth-order valence-electron chi connectivity index (χ4n) is 2.52. The first-order chi connectivity index (χ1) is 13.5. The van der Waals surface area contributed by atoms with Crippen LogP contribution in [0.4, 0.5) is 8.78 Å². The number of halogens is 4. The topological polar surface area (TPSA) is 0 Å². The minimum Gasteiger partial charge on any atom is -1.00 e. The third-order valence-corrected chi connectivity index (χ3v) is 3.66. The molecule has 2 aromatic carbocycles. The Morgan fingerprint density at radius 3 is 1.40 bits per heavy atom. The summed E-state index contributed by atoms with van der Waals surface area (Å²) in [6.07, 6.45) is 15.9. The molecule has 4 rings (SSSR count). The van der Waals surface area contributed by atoms with Crippen LogP contribution in [0.5, 0.6) is 0 Å². The van der Waals surface area contributed by atoms with E-state index in [0.717, 1.165) is 35.1 Å². The summed E-state index contributed by atoms with van der Waals surface area (Å²) in [6, 6.07) is 13.2. The molecule has 0 fully saturated rings. The number of hydrogen-bond acceptors (Lipinski definition) is 0. The van der Waals surface area contributed by atoms with Gasteiger partial charge < -0.3 is 24.8 Å². The van der Waals surface area contributed by atoms with Crippen LogP contribution in [0.2, 0.25) is 13.1 Å². The molecule has 0 amide bonds. The first kappa shape index (κ1) is 28.9. The van der Waals surface area contributed by atoms with Crippen LogP contribution in [0.3, 0.4) is 0 Å². The first-order valence-electron chi connectivity index (χ1n) is 9.04. The molecular formula is C24H22Cl2F2HfSi-2. The zero-order valence-corrected chi connectivity index (χ0v) is 23.0. The van der Waals surface area contributed by atoms with Crippen molar-refractivity contribution in [3.05, 3.63) is 108 Å². The van der Waals surface area contributed by atoms with Crippen LogP contribution in [0.25, 0.3) is 11.1 Å². The van der Waals surface area contributed by atoms with Gasteiger partial charge in [-0.3, -0.25) is 0 Å². The van der Waals surface area contributed by atoms with Gasteiger partial charge in [0.15, 0.2) is 0 Å². The summed E-state index contributed by atoms with van der Waals surface area (Å²) in [5.74, 6) is -0.385. The van der Waals surface area contributed by atoms with Crippen LogP contribution in [0.15, 0.2) is 72.8 Å². The molecule has 0 aliphatic heterocycles. The monoisotopic (exact) mass is 626 g/mol. The van der Waals surface area contributed by atoms with Crippen molar-refractivity contribution in [3.63, 3.8) is 0 Å². The van der Waals surface area contributed by atoms with E-state index in [1.165, 1.54) is 47.3 Å². The van der Waals surface area contributed by atoms with Crippen LogP contribution < -0.4 is 24.8 Å². The zero-order chi connectivity index (χ0) is 20.4. The Hall–Kier alpha value is -1.07. The van der Waals surface area contributed by atoms with Crippen LogP contribution in [-0.2, 0) is 23.0 Å². The van der Waals surface area contributed by atoms with Gasteiger partial charge in [0, 0.05) is 0 Å². The van der Waals surface area contributed by atoms with E-state index in [2.05, 4.69) is 25.2 Å². The molecule has 30 heavy (non-hydrogen) atoms. The molecule has 0 saturated carbocycles. The second kappa shape index (κ2) is 15.7. The standard InChI is InChI=1S/2C11H8F.C2H6Si.2ClH.Hf/c2*12-11-7-3-6-10(8-11)9-4-1-2-5-9;1-3-2;;;/h2*1,3-4,6-8H,2H2;1-2H3;2*1H;/q2*-1;;;;+2/p-2. The molecule has 0 saturated heterocycles. The van der Waals surface area contributed by atoms with Gasteiger partial charge in [-0.15, -0.1) is 35.4 Å². The second-order valence-electron chi connectivity index (χ2n) is 6.41. The van der Waals surface area contributed by atoms with Crippen molar-refractivity contribution in [3.8, 4) is 0 Å². The fraction of sp³-hybridized carbons (Fsp3) is 0.167. The molecule has 0 spiro atoms. The van der Waals surface area contributed by atoms with Gasteiger partial charge in [0.2, 0.25) is 0 Å². The predicted molar refractivity (Wildman–Crippen MR) is 111 cm³/mol. The minimum atomic E-state index is -0.192. The van der Waals surface area contributed by atoms with Crippen LogP contribution in [0.1, 0.15) is 24.0 Å². The summed E-state index contributed by atoms with van der Waals surface area (Å²) >= 11 is 1.45. The van der Waals surface area contributed by atoms with Gasteiger partial charge in [-0.1, -0.05) is 37.1 Å². The summed E-state index contributed by atoms with van der Waals surface area (Å²) in [6.45, 7) is 4.66. The van der Waals surface area contributed by atoms with Gasteiger partial charge in [-0.2, -0.15) is 35.5 Å². The molecule has 2 aliphatic rings. The van der Waals surface area contributed by atoms with Crippen molar-refractivity contribution in [1.82, 2.24) is 0 Å². The summed E-state index contributed by atoms with van der Waals surface area (Å²) in [5.41, 5.74) is 4.06. The smallest absolute Gasteiger partial charge is 0.111 e. The predicted octanol–water partition coefficient (Wildman–Crippen LogP) is 0.737. The molecule has 0 heterocycles. The number of allylic oxidation sites excluding steroid dienone is 8. The quantitative estimate of drug-likeness (QED) is 0.342. The molecule has 6 heteroatoms. The third-order valence-electron chi connectivity index (χ3n) is 3.66. The second-order valence-corrected chi connectivity index (χ2v) is 19.2. The van der Waals surface area contributed by atoms with E-state index in [1.54, 1.807) is 12.1 Å². The molecule has 2 aromatic rings. The molecular weight excluding hydrogens is 604 g/mol. The maximum absolute atomic E-state index is 12.8. The Labute approximate surface area is 205 Å². The molecule has 0 N–H and O–H groups in total. The van der Waals surface area contributed by atoms with Gasteiger partial charge in [0.1, 0.15) is 11.6 Å². The molecule has 0 atom stereocenters. The molecule has 156 valence electrons. The SMILES string of the molecule is C[Si](C)=[Hf+2].Fc1cccc(C2=[C-]CC=C2)c1.Fc1cccc(C2=[C-]CC=C2)c1.[Cl-].[Cl-]. The van der Waals surface area contributed by atoms with Gasteiger partial charge >= 0.3 is 41.6 Å². The Morgan fingerprint density at radius 1 is 0.767 bits per heavy atom. The van der Waals surface area contributed by atoms with E-state index >= 15 is 0 Å². The normalized spacial score (nSPS) is 12.9. The Balaban J connectivity index is 0.000000452. The van der Waals surface area contributed by atoms with Crippen LogP contribution in [0, 0.1) is 23.8 Å². The van der Waals surface area contributed by atoms with Gasteiger partial charge in [0.25, 0.3) is 0 Å².